The Morgan fingerprint density at radius 3 is 1.74 bits per heavy atom. The van der Waals surface area contributed by atoms with E-state index in [1.807, 2.05) is 0 Å². The van der Waals surface area contributed by atoms with Gasteiger partial charge in [-0.25, -0.2) is 9.59 Å². The van der Waals surface area contributed by atoms with E-state index in [0.29, 0.717) is 0 Å². The fourth-order valence-corrected chi connectivity index (χ4v) is 2.98. The van der Waals surface area contributed by atoms with Gasteiger partial charge in [-0.2, -0.15) is 0 Å². The quantitative estimate of drug-likeness (QED) is 0.688. The smallest absolute Gasteiger partial charge is 0.331 e. The van der Waals surface area contributed by atoms with Crippen molar-refractivity contribution in [2.45, 2.75) is 18.4 Å². The van der Waals surface area contributed by atoms with E-state index in [4.69, 9.17) is 29.2 Å². The van der Waals surface area contributed by atoms with Gasteiger partial charge >= 0.3 is 11.9 Å². The zero-order valence-corrected chi connectivity index (χ0v) is 12.7. The second-order valence-corrected chi connectivity index (χ2v) is 5.87. The molecule has 128 valence electrons. The molecule has 2 aliphatic rings. The van der Waals surface area contributed by atoms with Gasteiger partial charge in [-0.05, 0) is 0 Å². The summed E-state index contributed by atoms with van der Waals surface area (Å²) in [5.74, 6) is -2.35. The Balaban J connectivity index is 2.39. The first-order chi connectivity index (χ1) is 10.8. The Labute approximate surface area is 133 Å². The van der Waals surface area contributed by atoms with Crippen LogP contribution in [0.3, 0.4) is 0 Å². The van der Waals surface area contributed by atoms with E-state index in [1.165, 1.54) is 0 Å². The Hall–Kier alpha value is -1.74. The molecular weight excluding hydrogens is 308 g/mol. The monoisotopic (exact) mass is 328 g/mol. The van der Waals surface area contributed by atoms with E-state index in [2.05, 4.69) is 13.2 Å². The number of carbonyl (C=O) groups is 2. The molecule has 0 atom stereocenters. The summed E-state index contributed by atoms with van der Waals surface area (Å²) in [6.07, 6.45) is -0.157. The Morgan fingerprint density at radius 2 is 1.30 bits per heavy atom. The minimum Gasteiger partial charge on any atom is -0.478 e. The summed E-state index contributed by atoms with van der Waals surface area (Å²) >= 11 is 0. The maximum Gasteiger partial charge on any atom is 0.331 e. The molecular formula is C15H20O8. The lowest BCUT2D eigenvalue weighted by Gasteiger charge is -2.53. The molecule has 2 fully saturated rings. The highest BCUT2D eigenvalue weighted by atomic mass is 16.7. The van der Waals surface area contributed by atoms with Crippen LogP contribution in [0.15, 0.2) is 24.3 Å². The number of carboxylic acids is 2. The van der Waals surface area contributed by atoms with Crippen molar-refractivity contribution in [2.24, 2.45) is 5.41 Å². The van der Waals surface area contributed by atoms with E-state index in [0.717, 1.165) is 0 Å². The number of hydrogen-bond acceptors (Lipinski definition) is 6. The molecule has 0 bridgehead atoms. The lowest BCUT2D eigenvalue weighted by molar-refractivity contribution is -0.317. The van der Waals surface area contributed by atoms with Crippen molar-refractivity contribution in [3.05, 3.63) is 24.3 Å². The minimum absolute atomic E-state index is 0.0787. The highest BCUT2D eigenvalue weighted by Crippen LogP contribution is 2.48. The number of hydrogen-bond donors (Lipinski definition) is 2. The van der Waals surface area contributed by atoms with Gasteiger partial charge < -0.3 is 29.2 Å². The largest absolute Gasteiger partial charge is 0.478 e. The van der Waals surface area contributed by atoms with Crippen LogP contribution in [0.4, 0.5) is 0 Å². The topological polar surface area (TPSA) is 112 Å². The second-order valence-electron chi connectivity index (χ2n) is 5.87. The second kappa shape index (κ2) is 6.79. The van der Waals surface area contributed by atoms with Gasteiger partial charge in [0.1, 0.15) is 13.6 Å². The van der Waals surface area contributed by atoms with E-state index in [-0.39, 0.29) is 57.4 Å². The number of rotatable bonds is 6. The molecule has 2 heterocycles. The summed E-state index contributed by atoms with van der Waals surface area (Å²) < 4.78 is 21.9. The van der Waals surface area contributed by atoms with E-state index in [1.54, 1.807) is 0 Å². The molecule has 2 aliphatic heterocycles. The molecule has 0 radical (unpaired) electrons. The number of carboxylic acid groups (broad SMARTS) is 2. The molecule has 2 saturated heterocycles. The molecule has 1 spiro atoms. The third-order valence-electron chi connectivity index (χ3n) is 4.29. The molecule has 0 aromatic heterocycles. The molecule has 0 saturated carbocycles. The summed E-state index contributed by atoms with van der Waals surface area (Å²) in [5.41, 5.74) is -2.19. The third kappa shape index (κ3) is 3.45. The van der Waals surface area contributed by atoms with Crippen LogP contribution in [0.1, 0.15) is 12.8 Å². The fraction of sp³-hybridized carbons (Fsp3) is 0.600. The third-order valence-corrected chi connectivity index (χ3v) is 4.29. The summed E-state index contributed by atoms with van der Waals surface area (Å²) in [6.45, 7) is 7.72. The zero-order chi connectivity index (χ0) is 17.1. The Bertz CT molecular complexity index is 481. The first kappa shape index (κ1) is 17.6. The highest BCUT2D eigenvalue weighted by Gasteiger charge is 2.57. The molecule has 0 aromatic rings. The van der Waals surface area contributed by atoms with E-state index < -0.39 is 23.0 Å². The lowest BCUT2D eigenvalue weighted by Crippen LogP contribution is -2.63. The Morgan fingerprint density at radius 1 is 0.870 bits per heavy atom. The summed E-state index contributed by atoms with van der Waals surface area (Å²) in [5, 5.41) is 18.3. The van der Waals surface area contributed by atoms with Crippen LogP contribution in [0.25, 0.3) is 0 Å². The Kier molecular flexibility index (Phi) is 5.20. The van der Waals surface area contributed by atoms with Crippen molar-refractivity contribution in [3.8, 4) is 0 Å². The van der Waals surface area contributed by atoms with E-state index in [9.17, 15) is 9.59 Å². The van der Waals surface area contributed by atoms with Gasteiger partial charge in [0.2, 0.25) is 0 Å². The molecule has 0 aliphatic carbocycles. The number of aliphatic carboxylic acids is 2. The van der Waals surface area contributed by atoms with Gasteiger partial charge in [0.15, 0.2) is 0 Å². The summed E-state index contributed by atoms with van der Waals surface area (Å²) in [6, 6.07) is 0. The lowest BCUT2D eigenvalue weighted by atomic mass is 9.66. The van der Waals surface area contributed by atoms with Crippen LogP contribution in [-0.2, 0) is 28.5 Å². The van der Waals surface area contributed by atoms with Crippen LogP contribution in [0, 0.1) is 5.41 Å². The summed E-state index contributed by atoms with van der Waals surface area (Å²) in [7, 11) is 0. The standard InChI is InChI=1S/C15H20O8/c1-10(12(16)17)3-15(4-11(2)13(18)19)14(7-22-9-23-15)5-20-8-21-6-14/h1-9H2,(H,16,17)(H,18,19). The van der Waals surface area contributed by atoms with Crippen LogP contribution in [-0.4, -0.2) is 61.2 Å². The van der Waals surface area contributed by atoms with E-state index >= 15 is 0 Å². The van der Waals surface area contributed by atoms with Gasteiger partial charge in [-0.15, -0.1) is 0 Å². The first-order valence-corrected chi connectivity index (χ1v) is 7.01. The van der Waals surface area contributed by atoms with Gasteiger partial charge in [-0.1, -0.05) is 13.2 Å². The molecule has 2 rings (SSSR count). The SMILES string of the molecule is C=C(CC1(CC(=C)C(=O)O)OCOCC12COCOC2)C(=O)O. The van der Waals surface area contributed by atoms with Crippen LogP contribution in [0.2, 0.25) is 0 Å². The van der Waals surface area contributed by atoms with Crippen molar-refractivity contribution in [1.82, 2.24) is 0 Å². The van der Waals surface area contributed by atoms with Crippen LogP contribution >= 0.6 is 0 Å². The maximum atomic E-state index is 11.2. The zero-order valence-electron chi connectivity index (χ0n) is 12.7. The molecule has 8 heteroatoms. The fourth-order valence-electron chi connectivity index (χ4n) is 2.98. The van der Waals surface area contributed by atoms with Crippen LogP contribution in [0.5, 0.6) is 0 Å². The van der Waals surface area contributed by atoms with Gasteiger partial charge in [0, 0.05) is 24.0 Å². The van der Waals surface area contributed by atoms with Gasteiger partial charge in [-0.3, -0.25) is 0 Å². The molecule has 0 amide bonds. The molecule has 2 N–H and O–H groups in total. The van der Waals surface area contributed by atoms with Crippen molar-refractivity contribution in [2.75, 3.05) is 33.4 Å². The highest BCUT2D eigenvalue weighted by molar-refractivity contribution is 5.87. The number of ether oxygens (including phenoxy) is 4. The van der Waals surface area contributed by atoms with Crippen molar-refractivity contribution >= 4 is 11.9 Å². The van der Waals surface area contributed by atoms with Gasteiger partial charge in [0.25, 0.3) is 0 Å². The van der Waals surface area contributed by atoms with Crippen LogP contribution < -0.4 is 0 Å². The minimum atomic E-state index is -1.18. The summed E-state index contributed by atoms with van der Waals surface area (Å²) in [4.78, 5) is 22.4. The van der Waals surface area contributed by atoms with Crippen molar-refractivity contribution in [1.29, 1.82) is 0 Å². The predicted molar refractivity (Wildman–Crippen MR) is 76.6 cm³/mol. The molecule has 0 aromatic carbocycles. The average Bonchev–Trinajstić information content (AvgIpc) is 2.51. The first-order valence-electron chi connectivity index (χ1n) is 7.01. The maximum absolute atomic E-state index is 11.2. The molecule has 8 nitrogen and oxygen atoms in total. The molecule has 23 heavy (non-hydrogen) atoms. The normalized spacial score (nSPS) is 22.4. The van der Waals surface area contributed by atoms with Crippen molar-refractivity contribution < 1.29 is 38.7 Å². The molecule has 0 unspecified atom stereocenters. The predicted octanol–water partition coefficient (Wildman–Crippen LogP) is 0.782. The average molecular weight is 328 g/mol. The van der Waals surface area contributed by atoms with Crippen molar-refractivity contribution in [3.63, 3.8) is 0 Å². The van der Waals surface area contributed by atoms with Gasteiger partial charge in [0.05, 0.1) is 30.8 Å².